The van der Waals surface area contributed by atoms with Crippen molar-refractivity contribution in [3.8, 4) is 0 Å². The zero-order chi connectivity index (χ0) is 18.4. The summed E-state index contributed by atoms with van der Waals surface area (Å²) in [6.45, 7) is 4.53. The van der Waals surface area contributed by atoms with Crippen LogP contribution in [0.25, 0.3) is 0 Å². The van der Waals surface area contributed by atoms with Gasteiger partial charge in [0.15, 0.2) is 0 Å². The number of rotatable bonds is 6. The number of benzene rings is 1. The molecule has 1 fully saturated rings. The van der Waals surface area contributed by atoms with Crippen LogP contribution >= 0.6 is 24.8 Å². The Labute approximate surface area is 174 Å². The van der Waals surface area contributed by atoms with Crippen molar-refractivity contribution < 1.29 is 13.2 Å². The molecule has 1 heterocycles. The summed E-state index contributed by atoms with van der Waals surface area (Å²) >= 11 is 0. The lowest BCUT2D eigenvalue weighted by atomic mass is 10.1. The number of nitrogens with two attached hydrogens (primary N) is 1. The number of hydrogen-bond donors (Lipinski definition) is 2. The number of carbonyl (C=O) groups is 1. The lowest BCUT2D eigenvalue weighted by molar-refractivity contribution is -0.117. The lowest BCUT2D eigenvalue weighted by Gasteiger charge is -2.20. The number of hydrogen-bond acceptors (Lipinski definition) is 5. The number of amides is 1. The number of nitrogens with one attached hydrogen (secondary N) is 1. The second-order valence-electron chi connectivity index (χ2n) is 6.47. The van der Waals surface area contributed by atoms with E-state index in [4.69, 9.17) is 5.73 Å². The average molecular weight is 441 g/mol. The minimum Gasteiger partial charge on any atom is -0.325 e. The molecule has 1 unspecified atom stereocenters. The van der Waals surface area contributed by atoms with Crippen molar-refractivity contribution in [2.75, 3.05) is 38.5 Å². The van der Waals surface area contributed by atoms with E-state index in [9.17, 15) is 13.2 Å². The first kappa shape index (κ1) is 26.1. The summed E-state index contributed by atoms with van der Waals surface area (Å²) in [5.74, 6) is -0.298. The highest BCUT2D eigenvalue weighted by Crippen LogP contribution is 2.21. The molecule has 0 spiro atoms. The first-order valence-electron chi connectivity index (χ1n) is 8.70. The Balaban J connectivity index is 0.00000338. The van der Waals surface area contributed by atoms with E-state index in [1.54, 1.807) is 18.2 Å². The normalized spacial score (nSPS) is 17.1. The van der Waals surface area contributed by atoms with Gasteiger partial charge in [-0.05, 0) is 44.6 Å². The Kier molecular flexibility index (Phi) is 11.4. The van der Waals surface area contributed by atoms with Gasteiger partial charge in [-0.2, -0.15) is 4.31 Å². The highest BCUT2D eigenvalue weighted by Gasteiger charge is 2.26. The van der Waals surface area contributed by atoms with Gasteiger partial charge in [-0.25, -0.2) is 8.42 Å². The van der Waals surface area contributed by atoms with Gasteiger partial charge in [0, 0.05) is 25.3 Å². The van der Waals surface area contributed by atoms with Crippen LogP contribution in [0, 0.1) is 0 Å². The van der Waals surface area contributed by atoms with Crippen molar-refractivity contribution >= 4 is 46.4 Å². The number of anilines is 1. The van der Waals surface area contributed by atoms with E-state index in [2.05, 4.69) is 10.2 Å². The summed E-state index contributed by atoms with van der Waals surface area (Å²) in [7, 11) is -1.58. The molecule has 1 saturated heterocycles. The maximum Gasteiger partial charge on any atom is 0.243 e. The summed E-state index contributed by atoms with van der Waals surface area (Å²) in [5.41, 5.74) is 6.25. The Morgan fingerprint density at radius 3 is 2.59 bits per heavy atom. The average Bonchev–Trinajstić information content (AvgIpc) is 2.80. The van der Waals surface area contributed by atoms with E-state index in [0.717, 1.165) is 19.4 Å². The van der Waals surface area contributed by atoms with Crippen LogP contribution in [0.5, 0.6) is 0 Å². The third-order valence-corrected chi connectivity index (χ3v) is 6.25. The molecule has 1 aliphatic rings. The number of nitrogens with zero attached hydrogens (tertiary/aromatic N) is 2. The van der Waals surface area contributed by atoms with Crippen LogP contribution in [0.2, 0.25) is 0 Å². The molecule has 1 atom stereocenters. The summed E-state index contributed by atoms with van der Waals surface area (Å²) in [4.78, 5) is 14.4. The molecule has 156 valence electrons. The van der Waals surface area contributed by atoms with Gasteiger partial charge in [0.2, 0.25) is 15.9 Å². The quantitative estimate of drug-likeness (QED) is 0.703. The molecule has 27 heavy (non-hydrogen) atoms. The molecular formula is C17H30Cl2N4O3S. The number of likely N-dealkylation sites (N-methyl/N-ethyl adjacent to an activating group) is 1. The molecule has 10 heteroatoms. The first-order chi connectivity index (χ1) is 11.8. The van der Waals surface area contributed by atoms with Gasteiger partial charge in [0.05, 0.1) is 10.9 Å². The van der Waals surface area contributed by atoms with E-state index in [0.29, 0.717) is 31.7 Å². The van der Waals surface area contributed by atoms with Crippen molar-refractivity contribution in [3.05, 3.63) is 24.3 Å². The maximum absolute atomic E-state index is 12.9. The van der Waals surface area contributed by atoms with E-state index < -0.39 is 16.1 Å². The fourth-order valence-corrected chi connectivity index (χ4v) is 4.34. The van der Waals surface area contributed by atoms with Crippen molar-refractivity contribution in [1.29, 1.82) is 0 Å². The second kappa shape index (κ2) is 11.8. The van der Waals surface area contributed by atoms with Crippen molar-refractivity contribution in [1.82, 2.24) is 9.21 Å². The fraction of sp³-hybridized carbons (Fsp3) is 0.588. The zero-order valence-corrected chi connectivity index (χ0v) is 18.2. The van der Waals surface area contributed by atoms with Crippen LogP contribution in [0.4, 0.5) is 5.69 Å². The number of carbonyl (C=O) groups excluding carboxylic acids is 1. The smallest absolute Gasteiger partial charge is 0.243 e. The largest absolute Gasteiger partial charge is 0.325 e. The topological polar surface area (TPSA) is 95.7 Å². The Morgan fingerprint density at radius 1 is 1.22 bits per heavy atom. The molecule has 2 rings (SSSR count). The molecule has 1 amide bonds. The predicted octanol–water partition coefficient (Wildman–Crippen LogP) is 1.92. The third kappa shape index (κ3) is 7.21. The van der Waals surface area contributed by atoms with Gasteiger partial charge in [-0.3, -0.25) is 4.79 Å². The summed E-state index contributed by atoms with van der Waals surface area (Å²) in [6, 6.07) is 5.78. The molecule has 7 nitrogen and oxygen atoms in total. The van der Waals surface area contributed by atoms with Crippen LogP contribution in [-0.2, 0) is 14.8 Å². The van der Waals surface area contributed by atoms with Gasteiger partial charge < -0.3 is 16.0 Å². The summed E-state index contributed by atoms with van der Waals surface area (Å²) in [5, 5.41) is 2.71. The van der Waals surface area contributed by atoms with Crippen molar-refractivity contribution in [2.24, 2.45) is 5.73 Å². The Hall–Kier alpha value is -0.900. The van der Waals surface area contributed by atoms with Gasteiger partial charge in [0.25, 0.3) is 0 Å². The standard InChI is InChI=1S/C17H28N4O3S.2ClH/c1-3-6-16(18)17(22)19-14-7-4-8-15(13-14)25(23,24)21-10-5-9-20(2)11-12-21;;/h4,7-8,13,16H,3,5-6,9-12,18H2,1-2H3,(H,19,22);2*1H. The second-order valence-corrected chi connectivity index (χ2v) is 8.41. The van der Waals surface area contributed by atoms with E-state index >= 15 is 0 Å². The predicted molar refractivity (Wildman–Crippen MR) is 113 cm³/mol. The van der Waals surface area contributed by atoms with Crippen LogP contribution in [0.15, 0.2) is 29.2 Å². The van der Waals surface area contributed by atoms with Gasteiger partial charge in [0.1, 0.15) is 0 Å². The molecule has 1 aromatic carbocycles. The molecule has 0 bridgehead atoms. The minimum atomic E-state index is -3.57. The fourth-order valence-electron chi connectivity index (χ4n) is 2.82. The lowest BCUT2D eigenvalue weighted by Crippen LogP contribution is -2.36. The molecule has 0 aliphatic carbocycles. The molecule has 1 aromatic rings. The van der Waals surface area contributed by atoms with Crippen molar-refractivity contribution in [3.63, 3.8) is 0 Å². The molecule has 0 aromatic heterocycles. The summed E-state index contributed by atoms with van der Waals surface area (Å²) < 4.78 is 27.3. The van der Waals surface area contributed by atoms with E-state index in [1.165, 1.54) is 10.4 Å². The molecule has 0 radical (unpaired) electrons. The van der Waals surface area contributed by atoms with Crippen molar-refractivity contribution in [2.45, 2.75) is 37.1 Å². The minimum absolute atomic E-state index is 0. The van der Waals surface area contributed by atoms with Crippen LogP contribution < -0.4 is 11.1 Å². The highest BCUT2D eigenvalue weighted by atomic mass is 35.5. The van der Waals surface area contributed by atoms with Crippen LogP contribution in [0.1, 0.15) is 26.2 Å². The zero-order valence-electron chi connectivity index (χ0n) is 15.8. The Bertz CT molecular complexity index is 703. The SMILES string of the molecule is CCCC(N)C(=O)Nc1cccc(S(=O)(=O)N2CCCN(C)CC2)c1.Cl.Cl. The first-order valence-corrected chi connectivity index (χ1v) is 10.1. The van der Waals surface area contributed by atoms with Gasteiger partial charge >= 0.3 is 0 Å². The van der Waals surface area contributed by atoms with Gasteiger partial charge in [-0.1, -0.05) is 19.4 Å². The summed E-state index contributed by atoms with van der Waals surface area (Å²) in [6.07, 6.45) is 2.20. The Morgan fingerprint density at radius 2 is 1.93 bits per heavy atom. The monoisotopic (exact) mass is 440 g/mol. The van der Waals surface area contributed by atoms with E-state index in [1.807, 2.05) is 14.0 Å². The molecular weight excluding hydrogens is 411 g/mol. The highest BCUT2D eigenvalue weighted by molar-refractivity contribution is 7.89. The number of sulfonamides is 1. The third-order valence-electron chi connectivity index (χ3n) is 4.35. The maximum atomic E-state index is 12.9. The molecule has 3 N–H and O–H groups in total. The number of halogens is 2. The van der Waals surface area contributed by atoms with Crippen LogP contribution in [0.3, 0.4) is 0 Å². The molecule has 0 saturated carbocycles. The van der Waals surface area contributed by atoms with Crippen LogP contribution in [-0.4, -0.2) is 62.8 Å². The molecule has 1 aliphatic heterocycles. The van der Waals surface area contributed by atoms with E-state index in [-0.39, 0.29) is 35.6 Å². The van der Waals surface area contributed by atoms with Gasteiger partial charge in [-0.15, -0.1) is 24.8 Å².